The lowest BCUT2D eigenvalue weighted by Crippen LogP contribution is -2.28. The second-order valence-electron chi connectivity index (χ2n) is 5.11. The molecule has 2 rings (SSSR count). The van der Waals surface area contributed by atoms with Crippen LogP contribution >= 0.6 is 11.6 Å². The standard InChI is InChI=1S/C15H22ClNO2/c1-10-12(8-11-4-6-17-7-5-11)9-13(18-2)15(19-3)14(10)16/h9,11,17H,4-8H2,1-3H3. The Morgan fingerprint density at radius 3 is 2.53 bits per heavy atom. The number of rotatable bonds is 4. The third-order valence-electron chi connectivity index (χ3n) is 3.93. The zero-order chi connectivity index (χ0) is 13.8. The Labute approximate surface area is 120 Å². The van der Waals surface area contributed by atoms with Gasteiger partial charge in [-0.15, -0.1) is 0 Å². The van der Waals surface area contributed by atoms with Crippen molar-refractivity contribution in [1.82, 2.24) is 5.32 Å². The SMILES string of the molecule is COc1cc(CC2CCNCC2)c(C)c(Cl)c1OC. The number of hydrogen-bond donors (Lipinski definition) is 1. The van der Waals surface area contributed by atoms with Crippen molar-refractivity contribution in [2.75, 3.05) is 27.3 Å². The first kappa shape index (κ1) is 14.5. The Kier molecular flexibility index (Phi) is 4.94. The van der Waals surface area contributed by atoms with Crippen LogP contribution in [0.5, 0.6) is 11.5 Å². The third-order valence-corrected chi connectivity index (χ3v) is 4.39. The maximum Gasteiger partial charge on any atom is 0.179 e. The lowest BCUT2D eigenvalue weighted by atomic mass is 9.89. The molecule has 3 nitrogen and oxygen atoms in total. The molecular weight excluding hydrogens is 262 g/mol. The zero-order valence-corrected chi connectivity index (χ0v) is 12.6. The molecule has 19 heavy (non-hydrogen) atoms. The fourth-order valence-corrected chi connectivity index (χ4v) is 2.99. The highest BCUT2D eigenvalue weighted by Gasteiger charge is 2.19. The summed E-state index contributed by atoms with van der Waals surface area (Å²) in [5, 5.41) is 4.07. The van der Waals surface area contributed by atoms with Gasteiger partial charge in [0, 0.05) is 0 Å². The average Bonchev–Trinajstić information content (AvgIpc) is 2.45. The number of hydrogen-bond acceptors (Lipinski definition) is 3. The van der Waals surface area contributed by atoms with E-state index in [4.69, 9.17) is 21.1 Å². The van der Waals surface area contributed by atoms with Gasteiger partial charge in [-0.1, -0.05) is 11.6 Å². The van der Waals surface area contributed by atoms with E-state index >= 15 is 0 Å². The monoisotopic (exact) mass is 283 g/mol. The van der Waals surface area contributed by atoms with E-state index in [9.17, 15) is 0 Å². The molecule has 0 unspecified atom stereocenters. The van der Waals surface area contributed by atoms with Gasteiger partial charge in [-0.2, -0.15) is 0 Å². The summed E-state index contributed by atoms with van der Waals surface area (Å²) in [4.78, 5) is 0. The largest absolute Gasteiger partial charge is 0.493 e. The van der Waals surface area contributed by atoms with Gasteiger partial charge in [0.15, 0.2) is 11.5 Å². The summed E-state index contributed by atoms with van der Waals surface area (Å²) in [5.74, 6) is 2.09. The number of methoxy groups -OCH3 is 2. The topological polar surface area (TPSA) is 30.5 Å². The Morgan fingerprint density at radius 1 is 1.26 bits per heavy atom. The molecule has 0 spiro atoms. The van der Waals surface area contributed by atoms with Gasteiger partial charge in [0.2, 0.25) is 0 Å². The molecule has 0 atom stereocenters. The normalized spacial score (nSPS) is 16.4. The van der Waals surface area contributed by atoms with Crippen LogP contribution in [-0.2, 0) is 6.42 Å². The predicted molar refractivity (Wildman–Crippen MR) is 78.6 cm³/mol. The van der Waals surface area contributed by atoms with Crippen molar-refractivity contribution in [2.45, 2.75) is 26.2 Å². The van der Waals surface area contributed by atoms with Crippen LogP contribution in [-0.4, -0.2) is 27.3 Å². The van der Waals surface area contributed by atoms with Gasteiger partial charge in [0.1, 0.15) is 0 Å². The average molecular weight is 284 g/mol. The first-order chi connectivity index (χ1) is 9.17. The molecule has 4 heteroatoms. The van der Waals surface area contributed by atoms with Crippen LogP contribution in [0.25, 0.3) is 0 Å². The van der Waals surface area contributed by atoms with E-state index in [0.717, 1.165) is 36.7 Å². The summed E-state index contributed by atoms with van der Waals surface area (Å²) in [6.07, 6.45) is 3.52. The molecule has 1 heterocycles. The lowest BCUT2D eigenvalue weighted by Gasteiger charge is -2.24. The number of piperidine rings is 1. The highest BCUT2D eigenvalue weighted by Crippen LogP contribution is 2.40. The zero-order valence-electron chi connectivity index (χ0n) is 11.9. The van der Waals surface area contributed by atoms with Crippen LogP contribution in [0.1, 0.15) is 24.0 Å². The van der Waals surface area contributed by atoms with E-state index in [1.165, 1.54) is 18.4 Å². The Balaban J connectivity index is 2.26. The van der Waals surface area contributed by atoms with E-state index in [1.807, 2.05) is 0 Å². The van der Waals surface area contributed by atoms with Crippen molar-refractivity contribution >= 4 is 11.6 Å². The van der Waals surface area contributed by atoms with Crippen LogP contribution < -0.4 is 14.8 Å². The fourth-order valence-electron chi connectivity index (χ4n) is 2.70. The van der Waals surface area contributed by atoms with Crippen molar-refractivity contribution in [3.8, 4) is 11.5 Å². The quantitative estimate of drug-likeness (QED) is 0.920. The summed E-state index contributed by atoms with van der Waals surface area (Å²) >= 11 is 6.38. The molecule has 0 aliphatic carbocycles. The molecule has 0 radical (unpaired) electrons. The van der Waals surface area contributed by atoms with Gasteiger partial charge in [-0.25, -0.2) is 0 Å². The minimum Gasteiger partial charge on any atom is -0.493 e. The first-order valence-electron chi connectivity index (χ1n) is 6.78. The molecule has 106 valence electrons. The molecule has 1 N–H and O–H groups in total. The van der Waals surface area contributed by atoms with E-state index in [-0.39, 0.29) is 0 Å². The maximum atomic E-state index is 6.38. The molecule has 1 fully saturated rings. The molecule has 0 bridgehead atoms. The van der Waals surface area contributed by atoms with Crippen molar-refractivity contribution in [3.63, 3.8) is 0 Å². The van der Waals surface area contributed by atoms with E-state index in [1.54, 1.807) is 14.2 Å². The summed E-state index contributed by atoms with van der Waals surface area (Å²) in [7, 11) is 3.27. The summed E-state index contributed by atoms with van der Waals surface area (Å²) in [5.41, 5.74) is 2.38. The Bertz CT molecular complexity index is 442. The van der Waals surface area contributed by atoms with Crippen molar-refractivity contribution < 1.29 is 9.47 Å². The van der Waals surface area contributed by atoms with E-state index in [2.05, 4.69) is 18.3 Å². The van der Waals surface area contributed by atoms with Gasteiger partial charge in [-0.05, 0) is 62.4 Å². The second-order valence-corrected chi connectivity index (χ2v) is 5.49. The number of nitrogens with one attached hydrogen (secondary N) is 1. The van der Waals surface area contributed by atoms with Gasteiger partial charge in [0.05, 0.1) is 19.2 Å². The van der Waals surface area contributed by atoms with Crippen molar-refractivity contribution in [1.29, 1.82) is 0 Å². The Morgan fingerprint density at radius 2 is 1.95 bits per heavy atom. The Hall–Kier alpha value is -0.930. The summed E-state index contributed by atoms with van der Waals surface area (Å²) in [6.45, 7) is 4.29. The molecule has 1 aromatic carbocycles. The summed E-state index contributed by atoms with van der Waals surface area (Å²) in [6, 6.07) is 2.07. The van der Waals surface area contributed by atoms with Gasteiger partial charge >= 0.3 is 0 Å². The predicted octanol–water partition coefficient (Wildman–Crippen LogP) is 3.21. The molecular formula is C15H22ClNO2. The van der Waals surface area contributed by atoms with Gasteiger partial charge < -0.3 is 14.8 Å². The van der Waals surface area contributed by atoms with Crippen molar-refractivity contribution in [2.24, 2.45) is 5.92 Å². The van der Waals surface area contributed by atoms with Gasteiger partial charge in [-0.3, -0.25) is 0 Å². The second kappa shape index (κ2) is 6.49. The maximum absolute atomic E-state index is 6.38. The minimum absolute atomic E-state index is 0.635. The smallest absolute Gasteiger partial charge is 0.179 e. The fraction of sp³-hybridized carbons (Fsp3) is 0.600. The molecule has 0 saturated carbocycles. The summed E-state index contributed by atoms with van der Waals surface area (Å²) < 4.78 is 10.7. The third kappa shape index (κ3) is 3.15. The molecule has 0 amide bonds. The van der Waals surface area contributed by atoms with Crippen LogP contribution in [0.15, 0.2) is 6.07 Å². The van der Waals surface area contributed by atoms with Crippen LogP contribution in [0, 0.1) is 12.8 Å². The van der Waals surface area contributed by atoms with Crippen LogP contribution in [0.2, 0.25) is 5.02 Å². The molecule has 0 aromatic heterocycles. The first-order valence-corrected chi connectivity index (χ1v) is 7.15. The molecule has 1 aromatic rings. The highest BCUT2D eigenvalue weighted by atomic mass is 35.5. The molecule has 1 aliphatic rings. The minimum atomic E-state index is 0.635. The van der Waals surface area contributed by atoms with E-state index in [0.29, 0.717) is 10.8 Å². The van der Waals surface area contributed by atoms with Crippen LogP contribution in [0.3, 0.4) is 0 Å². The number of benzene rings is 1. The van der Waals surface area contributed by atoms with Crippen LogP contribution in [0.4, 0.5) is 0 Å². The lowest BCUT2D eigenvalue weighted by molar-refractivity contribution is 0.351. The highest BCUT2D eigenvalue weighted by molar-refractivity contribution is 6.33. The molecule has 1 saturated heterocycles. The van der Waals surface area contributed by atoms with Crippen molar-refractivity contribution in [3.05, 3.63) is 22.2 Å². The van der Waals surface area contributed by atoms with Gasteiger partial charge in [0.25, 0.3) is 0 Å². The molecule has 1 aliphatic heterocycles. The number of ether oxygens (including phenoxy) is 2. The number of halogens is 1. The van der Waals surface area contributed by atoms with E-state index < -0.39 is 0 Å².